The van der Waals surface area contributed by atoms with Crippen molar-refractivity contribution in [2.45, 2.75) is 52.4 Å². The van der Waals surface area contributed by atoms with Gasteiger partial charge in [-0.1, -0.05) is 42.6 Å². The number of hydrogen-bond donors (Lipinski definition) is 0. The smallest absolute Gasteiger partial charge is 0.143 e. The summed E-state index contributed by atoms with van der Waals surface area (Å²) in [7, 11) is 0. The third-order valence-corrected chi connectivity index (χ3v) is 4.70. The highest BCUT2D eigenvalue weighted by Crippen LogP contribution is 2.44. The molecule has 1 aromatic rings. The van der Waals surface area contributed by atoms with Crippen LogP contribution in [0.1, 0.15) is 51.5 Å². The summed E-state index contributed by atoms with van der Waals surface area (Å²) in [6, 6.07) is 4.74. The molecular formula is C17H22BrFO. The summed E-state index contributed by atoms with van der Waals surface area (Å²) in [6.07, 6.45) is 5.60. The van der Waals surface area contributed by atoms with Crippen molar-refractivity contribution in [2.75, 3.05) is 0 Å². The maximum Gasteiger partial charge on any atom is 0.143 e. The molecule has 0 radical (unpaired) electrons. The molecule has 2 rings (SSSR count). The Bertz CT molecular complexity index is 470. The molecule has 20 heavy (non-hydrogen) atoms. The predicted octanol–water partition coefficient (Wildman–Crippen LogP) is 5.31. The van der Waals surface area contributed by atoms with Gasteiger partial charge in [0.15, 0.2) is 0 Å². The van der Waals surface area contributed by atoms with Gasteiger partial charge in [0, 0.05) is 16.3 Å². The van der Waals surface area contributed by atoms with Crippen LogP contribution >= 0.6 is 15.9 Å². The molecule has 1 fully saturated rings. The largest absolute Gasteiger partial charge is 0.299 e. The number of halogens is 2. The third kappa shape index (κ3) is 3.69. The quantitative estimate of drug-likeness (QED) is 0.710. The zero-order valence-electron chi connectivity index (χ0n) is 12.2. The minimum Gasteiger partial charge on any atom is -0.299 e. The molecule has 1 saturated carbocycles. The van der Waals surface area contributed by atoms with E-state index < -0.39 is 0 Å². The monoisotopic (exact) mass is 340 g/mol. The van der Waals surface area contributed by atoms with Crippen LogP contribution in [0.25, 0.3) is 0 Å². The Morgan fingerprint density at radius 3 is 2.50 bits per heavy atom. The SMILES string of the molecule is CC(C)CC1(C(=O)Cc2cc(F)cc(Br)c2)CCCC1. The third-order valence-electron chi connectivity index (χ3n) is 4.24. The van der Waals surface area contributed by atoms with E-state index in [1.807, 2.05) is 6.07 Å². The lowest BCUT2D eigenvalue weighted by molar-refractivity contribution is -0.128. The molecule has 0 saturated heterocycles. The van der Waals surface area contributed by atoms with Crippen LogP contribution in [0.3, 0.4) is 0 Å². The minimum absolute atomic E-state index is 0.160. The Balaban J connectivity index is 2.16. The first kappa shape index (κ1) is 15.7. The first-order valence-electron chi connectivity index (χ1n) is 7.39. The number of hydrogen-bond acceptors (Lipinski definition) is 1. The Kier molecular flexibility index (Phi) is 5.00. The maximum absolute atomic E-state index is 13.4. The molecule has 0 spiro atoms. The van der Waals surface area contributed by atoms with E-state index in [0.29, 0.717) is 22.6 Å². The van der Waals surface area contributed by atoms with Gasteiger partial charge < -0.3 is 0 Å². The molecule has 1 nitrogen and oxygen atoms in total. The van der Waals surface area contributed by atoms with E-state index >= 15 is 0 Å². The van der Waals surface area contributed by atoms with Gasteiger partial charge in [0.05, 0.1) is 0 Å². The molecule has 0 amide bonds. The van der Waals surface area contributed by atoms with E-state index in [4.69, 9.17) is 0 Å². The molecule has 1 aliphatic carbocycles. The zero-order valence-corrected chi connectivity index (χ0v) is 13.8. The highest BCUT2D eigenvalue weighted by molar-refractivity contribution is 9.10. The average molecular weight is 341 g/mol. The second kappa shape index (κ2) is 6.38. The van der Waals surface area contributed by atoms with Crippen LogP contribution in [-0.2, 0) is 11.2 Å². The van der Waals surface area contributed by atoms with Crippen LogP contribution < -0.4 is 0 Å². The summed E-state index contributed by atoms with van der Waals surface area (Å²) in [4.78, 5) is 12.8. The van der Waals surface area contributed by atoms with Crippen LogP contribution in [0.15, 0.2) is 22.7 Å². The van der Waals surface area contributed by atoms with Gasteiger partial charge in [0.1, 0.15) is 11.6 Å². The molecule has 0 bridgehead atoms. The van der Waals surface area contributed by atoms with Gasteiger partial charge >= 0.3 is 0 Å². The predicted molar refractivity (Wildman–Crippen MR) is 83.2 cm³/mol. The lowest BCUT2D eigenvalue weighted by Gasteiger charge is -2.29. The van der Waals surface area contributed by atoms with Crippen LogP contribution in [0.5, 0.6) is 0 Å². The molecule has 0 N–H and O–H groups in total. The number of carbonyl (C=O) groups excluding carboxylic acids is 1. The minimum atomic E-state index is -0.286. The van der Waals surface area contributed by atoms with Crippen molar-refractivity contribution in [1.82, 2.24) is 0 Å². The first-order chi connectivity index (χ1) is 9.41. The van der Waals surface area contributed by atoms with Gasteiger partial charge in [-0.25, -0.2) is 4.39 Å². The van der Waals surface area contributed by atoms with Gasteiger partial charge in [0.25, 0.3) is 0 Å². The molecule has 0 atom stereocenters. The number of carbonyl (C=O) groups is 1. The van der Waals surface area contributed by atoms with Crippen LogP contribution in [0, 0.1) is 17.2 Å². The molecule has 110 valence electrons. The summed E-state index contributed by atoms with van der Waals surface area (Å²) < 4.78 is 14.1. The number of rotatable bonds is 5. The molecule has 3 heteroatoms. The molecule has 1 aromatic carbocycles. The van der Waals surface area contributed by atoms with Crippen molar-refractivity contribution >= 4 is 21.7 Å². The van der Waals surface area contributed by atoms with E-state index in [1.165, 1.54) is 12.1 Å². The normalized spacial score (nSPS) is 17.6. The lowest BCUT2D eigenvalue weighted by atomic mass is 9.73. The maximum atomic E-state index is 13.4. The van der Waals surface area contributed by atoms with E-state index in [0.717, 1.165) is 37.7 Å². The molecule has 0 aromatic heterocycles. The van der Waals surface area contributed by atoms with E-state index in [2.05, 4.69) is 29.8 Å². The Hall–Kier alpha value is -0.700. The number of Topliss-reactive ketones (excluding diaryl/α,β-unsaturated/α-hetero) is 1. The fourth-order valence-corrected chi connectivity index (χ4v) is 4.03. The van der Waals surface area contributed by atoms with Crippen LogP contribution in [0.2, 0.25) is 0 Å². The van der Waals surface area contributed by atoms with Gasteiger partial charge in [-0.05, 0) is 48.9 Å². The Morgan fingerprint density at radius 2 is 1.95 bits per heavy atom. The molecular weight excluding hydrogens is 319 g/mol. The van der Waals surface area contributed by atoms with E-state index in [1.54, 1.807) is 0 Å². The van der Waals surface area contributed by atoms with Crippen molar-refractivity contribution < 1.29 is 9.18 Å². The van der Waals surface area contributed by atoms with Gasteiger partial charge in [-0.15, -0.1) is 0 Å². The van der Waals surface area contributed by atoms with Crippen molar-refractivity contribution in [3.63, 3.8) is 0 Å². The van der Waals surface area contributed by atoms with Crippen LogP contribution in [0.4, 0.5) is 4.39 Å². The van der Waals surface area contributed by atoms with Crippen molar-refractivity contribution in [3.05, 3.63) is 34.1 Å². The van der Waals surface area contributed by atoms with Gasteiger partial charge in [0.2, 0.25) is 0 Å². The number of benzene rings is 1. The Morgan fingerprint density at radius 1 is 1.30 bits per heavy atom. The van der Waals surface area contributed by atoms with Crippen molar-refractivity contribution in [1.29, 1.82) is 0 Å². The summed E-state index contributed by atoms with van der Waals surface area (Å²) in [5.74, 6) is 0.531. The first-order valence-corrected chi connectivity index (χ1v) is 8.19. The lowest BCUT2D eigenvalue weighted by Crippen LogP contribution is -2.31. The molecule has 1 aliphatic rings. The summed E-state index contributed by atoms with van der Waals surface area (Å²) in [5, 5.41) is 0. The second-order valence-corrected chi connectivity index (χ2v) is 7.38. The van der Waals surface area contributed by atoms with Crippen molar-refractivity contribution in [3.8, 4) is 0 Å². The topological polar surface area (TPSA) is 17.1 Å². The summed E-state index contributed by atoms with van der Waals surface area (Å²) in [6.45, 7) is 4.35. The molecule has 0 unspecified atom stereocenters. The fraction of sp³-hybridized carbons (Fsp3) is 0.588. The van der Waals surface area contributed by atoms with Gasteiger partial charge in [-0.2, -0.15) is 0 Å². The van der Waals surface area contributed by atoms with Crippen molar-refractivity contribution in [2.24, 2.45) is 11.3 Å². The highest BCUT2D eigenvalue weighted by Gasteiger charge is 2.40. The summed E-state index contributed by atoms with van der Waals surface area (Å²) >= 11 is 3.29. The Labute approximate surface area is 129 Å². The molecule has 0 heterocycles. The average Bonchev–Trinajstić information content (AvgIpc) is 2.76. The van der Waals surface area contributed by atoms with Crippen LogP contribution in [-0.4, -0.2) is 5.78 Å². The standard InChI is InChI=1S/C17H22BrFO/c1-12(2)11-17(5-3-4-6-17)16(20)9-13-7-14(18)10-15(19)8-13/h7-8,10,12H,3-6,9,11H2,1-2H3. The van der Waals surface area contributed by atoms with Gasteiger partial charge in [-0.3, -0.25) is 4.79 Å². The second-order valence-electron chi connectivity index (χ2n) is 6.46. The zero-order chi connectivity index (χ0) is 14.8. The fourth-order valence-electron chi connectivity index (χ4n) is 3.52. The van der Waals surface area contributed by atoms with E-state index in [-0.39, 0.29) is 11.2 Å². The molecule has 0 aliphatic heterocycles. The van der Waals surface area contributed by atoms with E-state index in [9.17, 15) is 9.18 Å². The summed E-state index contributed by atoms with van der Waals surface area (Å²) in [5.41, 5.74) is 0.615. The number of ketones is 1. The highest BCUT2D eigenvalue weighted by atomic mass is 79.9.